The largest absolute Gasteiger partial charge is 0.454 e. The summed E-state index contributed by atoms with van der Waals surface area (Å²) in [6, 6.07) is 47.3. The Morgan fingerprint density at radius 2 is 1.21 bits per heavy atom. The molecule has 0 bridgehead atoms. The molecule has 1 unspecified atom stereocenters. The molecule has 4 aliphatic rings. The molecule has 3 aliphatic carbocycles. The molecule has 0 fully saturated rings. The van der Waals surface area contributed by atoms with Crippen LogP contribution in [-0.2, 0) is 10.8 Å². The maximum absolute atomic E-state index is 7.09. The molecule has 6 aromatic carbocycles. The lowest BCUT2D eigenvalue weighted by molar-refractivity contribution is 0.629. The standard InChI is InChI=1S/C46H33NO/c1-45(2)37-22-10-12-24-39(37)47(40-25-13-11-23-38(40)45)43-42-32(27-33-31-18-6-14-26-41(31)48-44(33)43)30-17-5-9-21-36(30)46(42)34-19-7-3-15-28(34)29-16-4-8-20-35(29)46/h3,5-15,17-27H,4,16H2,1-2H3. The predicted octanol–water partition coefficient (Wildman–Crippen LogP) is 12.1. The average Bonchev–Trinajstić information content (AvgIpc) is 3.76. The van der Waals surface area contributed by atoms with Crippen LogP contribution in [-0.4, -0.2) is 0 Å². The van der Waals surface area contributed by atoms with Crippen molar-refractivity contribution in [1.29, 1.82) is 0 Å². The second-order valence-corrected chi connectivity index (χ2v) is 14.3. The average molecular weight is 616 g/mol. The van der Waals surface area contributed by atoms with Gasteiger partial charge in [-0.25, -0.2) is 0 Å². The van der Waals surface area contributed by atoms with Gasteiger partial charge in [0.15, 0.2) is 5.58 Å². The zero-order chi connectivity index (χ0) is 31.8. The number of anilines is 3. The van der Waals surface area contributed by atoms with Crippen LogP contribution in [0.25, 0.3) is 38.6 Å². The Bertz CT molecular complexity index is 2560. The third-order valence-electron chi connectivity index (χ3n) is 11.7. The molecular formula is C46H33NO. The van der Waals surface area contributed by atoms with Gasteiger partial charge < -0.3 is 9.32 Å². The van der Waals surface area contributed by atoms with Gasteiger partial charge in [-0.2, -0.15) is 0 Å². The van der Waals surface area contributed by atoms with E-state index in [0.717, 1.165) is 40.5 Å². The molecular weight excluding hydrogens is 583 g/mol. The van der Waals surface area contributed by atoms with Gasteiger partial charge in [-0.05, 0) is 87.2 Å². The normalized spacial score (nSPS) is 19.3. The number of para-hydroxylation sites is 3. The molecule has 0 N–H and O–H groups in total. The molecule has 0 amide bonds. The Labute approximate surface area is 280 Å². The first-order valence-electron chi connectivity index (χ1n) is 17.2. The van der Waals surface area contributed by atoms with E-state index in [9.17, 15) is 0 Å². The Morgan fingerprint density at radius 1 is 0.604 bits per heavy atom. The van der Waals surface area contributed by atoms with Crippen molar-refractivity contribution in [2.75, 3.05) is 4.90 Å². The number of hydrogen-bond donors (Lipinski definition) is 0. The topological polar surface area (TPSA) is 16.4 Å². The molecule has 2 heterocycles. The minimum Gasteiger partial charge on any atom is -0.454 e. The lowest BCUT2D eigenvalue weighted by Crippen LogP contribution is -2.33. The molecule has 1 atom stereocenters. The smallest absolute Gasteiger partial charge is 0.159 e. The Kier molecular flexibility index (Phi) is 4.99. The van der Waals surface area contributed by atoms with E-state index in [4.69, 9.17) is 4.42 Å². The summed E-state index contributed by atoms with van der Waals surface area (Å²) in [6.45, 7) is 4.73. The van der Waals surface area contributed by atoms with Crippen molar-refractivity contribution in [3.05, 3.63) is 178 Å². The van der Waals surface area contributed by atoms with Crippen LogP contribution < -0.4 is 4.90 Å². The number of fused-ring (bicyclic) bond motifs is 14. The van der Waals surface area contributed by atoms with E-state index in [0.29, 0.717) is 0 Å². The molecule has 1 aliphatic heterocycles. The van der Waals surface area contributed by atoms with E-state index in [1.165, 1.54) is 67.0 Å². The van der Waals surface area contributed by atoms with Crippen LogP contribution >= 0.6 is 0 Å². The first-order valence-corrected chi connectivity index (χ1v) is 17.2. The van der Waals surface area contributed by atoms with E-state index >= 15 is 0 Å². The molecule has 48 heavy (non-hydrogen) atoms. The fourth-order valence-electron chi connectivity index (χ4n) is 9.81. The molecule has 0 saturated heterocycles. The van der Waals surface area contributed by atoms with Gasteiger partial charge in [0, 0.05) is 21.8 Å². The van der Waals surface area contributed by atoms with Crippen molar-refractivity contribution < 1.29 is 4.42 Å². The third-order valence-corrected chi connectivity index (χ3v) is 11.7. The first kappa shape index (κ1) is 26.5. The van der Waals surface area contributed by atoms with E-state index in [1.807, 2.05) is 0 Å². The Morgan fingerprint density at radius 3 is 1.96 bits per heavy atom. The zero-order valence-corrected chi connectivity index (χ0v) is 27.0. The second kappa shape index (κ2) is 9.05. The van der Waals surface area contributed by atoms with Crippen LogP contribution in [0.1, 0.15) is 60.1 Å². The summed E-state index contributed by atoms with van der Waals surface area (Å²) < 4.78 is 7.09. The maximum atomic E-state index is 7.09. The van der Waals surface area contributed by atoms with Crippen LogP contribution in [0.15, 0.2) is 150 Å². The lowest BCUT2D eigenvalue weighted by Gasteiger charge is -2.44. The first-order chi connectivity index (χ1) is 23.6. The molecule has 228 valence electrons. The summed E-state index contributed by atoms with van der Waals surface area (Å²) >= 11 is 0. The van der Waals surface area contributed by atoms with Crippen molar-refractivity contribution in [1.82, 2.24) is 0 Å². The van der Waals surface area contributed by atoms with E-state index in [-0.39, 0.29) is 5.41 Å². The monoisotopic (exact) mass is 615 g/mol. The van der Waals surface area contributed by atoms with Crippen LogP contribution in [0.3, 0.4) is 0 Å². The van der Waals surface area contributed by atoms with Crippen molar-refractivity contribution in [3.63, 3.8) is 0 Å². The number of rotatable bonds is 1. The highest BCUT2D eigenvalue weighted by atomic mass is 16.3. The predicted molar refractivity (Wildman–Crippen MR) is 198 cm³/mol. The van der Waals surface area contributed by atoms with Gasteiger partial charge in [-0.1, -0.05) is 129 Å². The number of nitrogens with zero attached hydrogens (tertiary/aromatic N) is 1. The minimum atomic E-state index is -0.478. The molecule has 0 radical (unpaired) electrons. The fourth-order valence-corrected chi connectivity index (χ4v) is 9.81. The molecule has 1 aromatic heterocycles. The molecule has 2 nitrogen and oxygen atoms in total. The molecule has 2 heteroatoms. The van der Waals surface area contributed by atoms with Crippen LogP contribution in [0.4, 0.5) is 17.1 Å². The van der Waals surface area contributed by atoms with E-state index in [1.54, 1.807) is 0 Å². The van der Waals surface area contributed by atoms with E-state index in [2.05, 4.69) is 158 Å². The number of allylic oxidation sites excluding steroid dienone is 4. The van der Waals surface area contributed by atoms with Crippen molar-refractivity contribution >= 4 is 44.6 Å². The van der Waals surface area contributed by atoms with Gasteiger partial charge >= 0.3 is 0 Å². The van der Waals surface area contributed by atoms with Crippen LogP contribution in [0.2, 0.25) is 0 Å². The molecule has 0 saturated carbocycles. The Hall–Kier alpha value is -5.60. The van der Waals surface area contributed by atoms with Gasteiger partial charge in [0.1, 0.15) is 5.58 Å². The highest BCUT2D eigenvalue weighted by molar-refractivity contribution is 6.16. The fraction of sp³-hybridized carbons (Fsp3) is 0.130. The highest BCUT2D eigenvalue weighted by Crippen LogP contribution is 2.68. The van der Waals surface area contributed by atoms with Crippen molar-refractivity contribution in [2.24, 2.45) is 0 Å². The summed E-state index contributed by atoms with van der Waals surface area (Å²) in [5.41, 5.74) is 18.4. The van der Waals surface area contributed by atoms with E-state index < -0.39 is 5.41 Å². The van der Waals surface area contributed by atoms with Crippen LogP contribution in [0.5, 0.6) is 0 Å². The van der Waals surface area contributed by atoms with Gasteiger partial charge in [-0.3, -0.25) is 0 Å². The lowest BCUT2D eigenvalue weighted by atomic mass is 9.67. The van der Waals surface area contributed by atoms with Crippen molar-refractivity contribution in [3.8, 4) is 11.1 Å². The zero-order valence-electron chi connectivity index (χ0n) is 27.0. The summed E-state index contributed by atoms with van der Waals surface area (Å²) in [7, 11) is 0. The molecule has 11 rings (SSSR count). The highest BCUT2D eigenvalue weighted by Gasteiger charge is 2.55. The second-order valence-electron chi connectivity index (χ2n) is 14.3. The van der Waals surface area contributed by atoms with Gasteiger partial charge in [0.2, 0.25) is 0 Å². The summed E-state index contributed by atoms with van der Waals surface area (Å²) in [4.78, 5) is 2.56. The third kappa shape index (κ3) is 3.01. The minimum absolute atomic E-state index is 0.170. The van der Waals surface area contributed by atoms with Crippen LogP contribution in [0, 0.1) is 0 Å². The number of benzene rings is 6. The van der Waals surface area contributed by atoms with Gasteiger partial charge in [0.05, 0.1) is 22.5 Å². The maximum Gasteiger partial charge on any atom is 0.159 e. The number of furan rings is 1. The SMILES string of the molecule is CC1(C)c2ccccc2N(c2c3c(cc4c2oc2ccccc24)-c2ccccc2C32C3=C(CCC=C3)c3ccccc32)c2ccccc21. The molecule has 7 aromatic rings. The molecule has 1 spiro atoms. The van der Waals surface area contributed by atoms with Crippen molar-refractivity contribution in [2.45, 2.75) is 37.5 Å². The Balaban J connectivity index is 1.40. The summed E-state index contributed by atoms with van der Waals surface area (Å²) in [5, 5.41) is 2.31. The summed E-state index contributed by atoms with van der Waals surface area (Å²) in [5.74, 6) is 0. The number of hydrogen-bond acceptors (Lipinski definition) is 2. The quantitative estimate of drug-likeness (QED) is 0.183. The van der Waals surface area contributed by atoms with Gasteiger partial charge in [0.25, 0.3) is 0 Å². The summed E-state index contributed by atoms with van der Waals surface area (Å²) in [6.07, 6.45) is 6.95. The van der Waals surface area contributed by atoms with Gasteiger partial charge in [-0.15, -0.1) is 0 Å².